The van der Waals surface area contributed by atoms with Gasteiger partial charge in [0.25, 0.3) is 5.69 Å². The van der Waals surface area contributed by atoms with E-state index in [9.17, 15) is 10.1 Å². The fraction of sp³-hybridized carbons (Fsp3) is 0.200. The standard InChI is InChI=1S/C15H16N4O3/c1-18(2)13-8-9-14(15(10-13)22-3)17-16-11-4-6-12(7-5-11)19(20)21/h4-10H,1-3H3. The van der Waals surface area contributed by atoms with Crippen LogP contribution in [0.5, 0.6) is 5.75 Å². The molecule has 0 radical (unpaired) electrons. The number of rotatable bonds is 5. The Morgan fingerprint density at radius 2 is 1.77 bits per heavy atom. The number of non-ortho nitro benzene ring substituents is 1. The van der Waals surface area contributed by atoms with Crippen molar-refractivity contribution < 1.29 is 9.66 Å². The maximum Gasteiger partial charge on any atom is 0.269 e. The molecule has 0 heterocycles. The van der Waals surface area contributed by atoms with E-state index in [1.807, 2.05) is 37.2 Å². The summed E-state index contributed by atoms with van der Waals surface area (Å²) in [4.78, 5) is 12.1. The highest BCUT2D eigenvalue weighted by atomic mass is 16.6. The Bertz CT molecular complexity index is 696. The zero-order valence-corrected chi connectivity index (χ0v) is 12.6. The summed E-state index contributed by atoms with van der Waals surface area (Å²) in [7, 11) is 5.44. The van der Waals surface area contributed by atoms with E-state index >= 15 is 0 Å². The quantitative estimate of drug-likeness (QED) is 0.473. The highest BCUT2D eigenvalue weighted by molar-refractivity contribution is 5.61. The van der Waals surface area contributed by atoms with E-state index in [1.54, 1.807) is 19.2 Å². The number of nitrogens with zero attached hydrogens (tertiary/aromatic N) is 4. The van der Waals surface area contributed by atoms with Crippen LogP contribution in [0.15, 0.2) is 52.7 Å². The molecular formula is C15H16N4O3. The molecule has 0 bridgehead atoms. The minimum atomic E-state index is -0.454. The first-order chi connectivity index (χ1) is 10.5. The molecule has 7 heteroatoms. The van der Waals surface area contributed by atoms with E-state index in [0.717, 1.165) is 5.69 Å². The summed E-state index contributed by atoms with van der Waals surface area (Å²) in [6.45, 7) is 0. The topological polar surface area (TPSA) is 80.3 Å². The van der Waals surface area contributed by atoms with Crippen molar-refractivity contribution in [3.8, 4) is 5.75 Å². The van der Waals surface area contributed by atoms with Crippen LogP contribution in [0.3, 0.4) is 0 Å². The Labute approximate surface area is 128 Å². The molecule has 2 rings (SSSR count). The lowest BCUT2D eigenvalue weighted by Gasteiger charge is -2.14. The molecule has 0 amide bonds. The lowest BCUT2D eigenvalue weighted by Crippen LogP contribution is -2.08. The zero-order valence-electron chi connectivity index (χ0n) is 12.6. The van der Waals surface area contributed by atoms with Crippen molar-refractivity contribution in [3.05, 3.63) is 52.6 Å². The fourth-order valence-corrected chi connectivity index (χ4v) is 1.78. The second-order valence-corrected chi connectivity index (χ2v) is 4.72. The van der Waals surface area contributed by atoms with Crippen LogP contribution in [-0.2, 0) is 0 Å². The van der Waals surface area contributed by atoms with Crippen molar-refractivity contribution >= 4 is 22.7 Å². The molecule has 22 heavy (non-hydrogen) atoms. The van der Waals surface area contributed by atoms with Gasteiger partial charge >= 0.3 is 0 Å². The maximum absolute atomic E-state index is 10.6. The van der Waals surface area contributed by atoms with Crippen LogP contribution in [0.4, 0.5) is 22.7 Å². The van der Waals surface area contributed by atoms with Gasteiger partial charge in [-0.2, -0.15) is 5.11 Å². The molecule has 0 aliphatic carbocycles. The molecule has 0 saturated heterocycles. The number of anilines is 1. The van der Waals surface area contributed by atoms with E-state index in [0.29, 0.717) is 17.1 Å². The average Bonchev–Trinajstić information content (AvgIpc) is 2.52. The molecule has 0 unspecified atom stereocenters. The zero-order chi connectivity index (χ0) is 16.1. The number of nitro benzene ring substituents is 1. The SMILES string of the molecule is COc1cc(N(C)C)ccc1N=Nc1ccc([N+](=O)[O-])cc1. The summed E-state index contributed by atoms with van der Waals surface area (Å²) < 4.78 is 5.31. The average molecular weight is 300 g/mol. The van der Waals surface area contributed by atoms with Gasteiger partial charge in [0.2, 0.25) is 0 Å². The molecule has 0 aliphatic heterocycles. The minimum absolute atomic E-state index is 0.0202. The molecule has 0 aromatic heterocycles. The monoisotopic (exact) mass is 300 g/mol. The van der Waals surface area contributed by atoms with Crippen molar-refractivity contribution in [3.63, 3.8) is 0 Å². The molecule has 114 valence electrons. The van der Waals surface area contributed by atoms with Crippen LogP contribution in [-0.4, -0.2) is 26.1 Å². The lowest BCUT2D eigenvalue weighted by molar-refractivity contribution is -0.384. The Hall–Kier alpha value is -2.96. The summed E-state index contributed by atoms with van der Waals surface area (Å²) in [6.07, 6.45) is 0. The van der Waals surface area contributed by atoms with Gasteiger partial charge in [-0.1, -0.05) is 0 Å². The van der Waals surface area contributed by atoms with E-state index in [-0.39, 0.29) is 5.69 Å². The van der Waals surface area contributed by atoms with Gasteiger partial charge in [0.05, 0.1) is 17.7 Å². The van der Waals surface area contributed by atoms with Crippen LogP contribution in [0, 0.1) is 10.1 Å². The van der Waals surface area contributed by atoms with Crippen LogP contribution in [0.1, 0.15) is 0 Å². The summed E-state index contributed by atoms with van der Waals surface area (Å²) in [5.41, 5.74) is 2.13. The summed E-state index contributed by atoms with van der Waals surface area (Å²) in [5, 5.41) is 18.8. The molecule has 0 aliphatic rings. The van der Waals surface area contributed by atoms with Gasteiger partial charge < -0.3 is 9.64 Å². The fourth-order valence-electron chi connectivity index (χ4n) is 1.78. The van der Waals surface area contributed by atoms with Crippen molar-refractivity contribution in [2.45, 2.75) is 0 Å². The number of hydrogen-bond donors (Lipinski definition) is 0. The normalized spacial score (nSPS) is 10.7. The molecular weight excluding hydrogens is 284 g/mol. The lowest BCUT2D eigenvalue weighted by atomic mass is 10.2. The number of nitro groups is 1. The highest BCUT2D eigenvalue weighted by Gasteiger charge is 2.06. The molecule has 0 fully saturated rings. The Kier molecular flexibility index (Phi) is 4.67. The molecule has 2 aromatic carbocycles. The number of methoxy groups -OCH3 is 1. The molecule has 7 nitrogen and oxygen atoms in total. The van der Waals surface area contributed by atoms with Gasteiger partial charge in [0.1, 0.15) is 11.4 Å². The molecule has 0 spiro atoms. The highest BCUT2D eigenvalue weighted by Crippen LogP contribution is 2.32. The van der Waals surface area contributed by atoms with Gasteiger partial charge in [-0.05, 0) is 24.3 Å². The van der Waals surface area contributed by atoms with Crippen molar-refractivity contribution in [2.75, 3.05) is 26.1 Å². The number of ether oxygens (including phenoxy) is 1. The maximum atomic E-state index is 10.6. The van der Waals surface area contributed by atoms with Crippen LogP contribution < -0.4 is 9.64 Å². The van der Waals surface area contributed by atoms with Crippen LogP contribution in [0.25, 0.3) is 0 Å². The molecule has 0 saturated carbocycles. The number of azo groups is 1. The summed E-state index contributed by atoms with van der Waals surface area (Å²) in [5.74, 6) is 0.608. The van der Waals surface area contributed by atoms with Crippen molar-refractivity contribution in [2.24, 2.45) is 10.2 Å². The van der Waals surface area contributed by atoms with E-state index < -0.39 is 4.92 Å². The van der Waals surface area contributed by atoms with Crippen molar-refractivity contribution in [1.82, 2.24) is 0 Å². The van der Waals surface area contributed by atoms with E-state index in [4.69, 9.17) is 4.74 Å². The largest absolute Gasteiger partial charge is 0.494 e. The molecule has 0 N–H and O–H groups in total. The molecule has 2 aromatic rings. The third-order valence-electron chi connectivity index (χ3n) is 3.01. The van der Waals surface area contributed by atoms with Crippen LogP contribution >= 0.6 is 0 Å². The van der Waals surface area contributed by atoms with Gasteiger partial charge in [-0.25, -0.2) is 0 Å². The predicted octanol–water partition coefficient (Wildman–Crippen LogP) is 4.08. The number of hydrogen-bond acceptors (Lipinski definition) is 6. The van der Waals surface area contributed by atoms with Gasteiger partial charge in [0, 0.05) is 38.0 Å². The first kappa shape index (κ1) is 15.4. The number of benzene rings is 2. The Morgan fingerprint density at radius 3 is 2.32 bits per heavy atom. The first-order valence-electron chi connectivity index (χ1n) is 6.53. The Morgan fingerprint density at radius 1 is 1.09 bits per heavy atom. The second-order valence-electron chi connectivity index (χ2n) is 4.72. The Balaban J connectivity index is 2.24. The van der Waals surface area contributed by atoms with Gasteiger partial charge in [-0.3, -0.25) is 10.1 Å². The van der Waals surface area contributed by atoms with Gasteiger partial charge in [-0.15, -0.1) is 5.11 Å². The summed E-state index contributed by atoms with van der Waals surface area (Å²) >= 11 is 0. The van der Waals surface area contributed by atoms with Gasteiger partial charge in [0.15, 0.2) is 0 Å². The third kappa shape index (κ3) is 3.57. The van der Waals surface area contributed by atoms with Crippen LogP contribution in [0.2, 0.25) is 0 Å². The van der Waals surface area contributed by atoms with E-state index in [2.05, 4.69) is 10.2 Å². The van der Waals surface area contributed by atoms with Crippen molar-refractivity contribution in [1.29, 1.82) is 0 Å². The minimum Gasteiger partial charge on any atom is -0.494 e. The molecule has 0 atom stereocenters. The third-order valence-corrected chi connectivity index (χ3v) is 3.01. The second kappa shape index (κ2) is 6.66. The smallest absolute Gasteiger partial charge is 0.269 e. The summed E-state index contributed by atoms with van der Waals surface area (Å²) in [6, 6.07) is 11.5. The van der Waals surface area contributed by atoms with E-state index in [1.165, 1.54) is 12.1 Å². The predicted molar refractivity (Wildman–Crippen MR) is 84.6 cm³/mol. The first-order valence-corrected chi connectivity index (χ1v) is 6.53.